The van der Waals surface area contributed by atoms with Crippen LogP contribution in [-0.2, 0) is 6.54 Å². The molecule has 4 rings (SSSR count). The Labute approximate surface area is 162 Å². The van der Waals surface area contributed by atoms with Gasteiger partial charge in [0.1, 0.15) is 11.6 Å². The van der Waals surface area contributed by atoms with E-state index in [0.29, 0.717) is 16.7 Å². The van der Waals surface area contributed by atoms with Gasteiger partial charge in [-0.15, -0.1) is 11.3 Å². The quantitative estimate of drug-likeness (QED) is 0.674. The second kappa shape index (κ2) is 7.94. The molecule has 6 nitrogen and oxygen atoms in total. The molecule has 0 radical (unpaired) electrons. The number of benzene rings is 1. The fourth-order valence-corrected chi connectivity index (χ4v) is 4.58. The van der Waals surface area contributed by atoms with Crippen LogP contribution in [-0.4, -0.2) is 34.7 Å². The molecule has 0 unspecified atom stereocenters. The number of hydrogen-bond donors (Lipinski definition) is 2. The number of methoxy groups -OCH3 is 1. The van der Waals surface area contributed by atoms with Crippen molar-refractivity contribution in [1.82, 2.24) is 15.1 Å². The minimum absolute atomic E-state index is 0.104. The van der Waals surface area contributed by atoms with Crippen LogP contribution in [0.25, 0.3) is 0 Å². The van der Waals surface area contributed by atoms with E-state index in [4.69, 9.17) is 4.74 Å². The summed E-state index contributed by atoms with van der Waals surface area (Å²) in [7, 11) is 1.69. The lowest BCUT2D eigenvalue weighted by atomic mass is 10.1. The number of amides is 1. The number of aromatic amines is 1. The molecule has 1 aliphatic heterocycles. The molecule has 1 aliphatic rings. The average Bonchev–Trinajstić information content (AvgIpc) is 3.43. The Morgan fingerprint density at radius 2 is 2.30 bits per heavy atom. The Hall–Kier alpha value is -2.64. The number of H-pyrrole nitrogens is 1. The zero-order valence-corrected chi connectivity index (χ0v) is 16.0. The largest absolute Gasteiger partial charge is 0.497 e. The zero-order valence-electron chi connectivity index (χ0n) is 15.1. The van der Waals surface area contributed by atoms with Crippen LogP contribution in [0.5, 0.6) is 5.75 Å². The Balaban J connectivity index is 1.45. The van der Waals surface area contributed by atoms with Gasteiger partial charge in [0.25, 0.3) is 5.91 Å². The van der Waals surface area contributed by atoms with Crippen LogP contribution in [0.1, 0.15) is 39.0 Å². The smallest absolute Gasteiger partial charge is 0.266 e. The highest BCUT2D eigenvalue weighted by molar-refractivity contribution is 7.14. The minimum atomic E-state index is -0.104. The molecular weight excluding hydrogens is 360 g/mol. The topological polar surface area (TPSA) is 70.2 Å². The van der Waals surface area contributed by atoms with Crippen LogP contribution in [0.15, 0.2) is 48.7 Å². The highest BCUT2D eigenvalue weighted by Gasteiger charge is 2.28. The number of likely N-dealkylation sites (tertiary alicyclic amines) is 1. The molecule has 3 aromatic rings. The third kappa shape index (κ3) is 4.04. The van der Waals surface area contributed by atoms with Crippen molar-refractivity contribution in [3.05, 3.63) is 64.0 Å². The lowest BCUT2D eigenvalue weighted by Gasteiger charge is -2.23. The van der Waals surface area contributed by atoms with Crippen LogP contribution in [0, 0.1) is 0 Å². The van der Waals surface area contributed by atoms with Gasteiger partial charge in [0.2, 0.25) is 0 Å². The SMILES string of the molecule is COc1cccc(CN2CCC[C@H]2c2ccc(C(=O)Nc3ccn[nH]3)s2)c1. The summed E-state index contributed by atoms with van der Waals surface area (Å²) < 4.78 is 5.34. The van der Waals surface area contributed by atoms with E-state index in [2.05, 4.69) is 38.6 Å². The van der Waals surface area contributed by atoms with Crippen molar-refractivity contribution >= 4 is 23.1 Å². The van der Waals surface area contributed by atoms with E-state index in [1.807, 2.05) is 18.2 Å². The Bertz CT molecular complexity index is 906. The molecule has 0 saturated carbocycles. The number of carbonyl (C=O) groups excluding carboxylic acids is 1. The Kier molecular flexibility index (Phi) is 5.22. The maximum atomic E-state index is 12.4. The first kappa shape index (κ1) is 17.8. The summed E-state index contributed by atoms with van der Waals surface area (Å²) in [4.78, 5) is 16.8. The monoisotopic (exact) mass is 382 g/mol. The first-order chi connectivity index (χ1) is 13.2. The van der Waals surface area contributed by atoms with E-state index < -0.39 is 0 Å². The number of aromatic nitrogens is 2. The van der Waals surface area contributed by atoms with Crippen molar-refractivity contribution in [2.75, 3.05) is 19.0 Å². The fourth-order valence-electron chi connectivity index (χ4n) is 3.51. The van der Waals surface area contributed by atoms with Crippen molar-refractivity contribution < 1.29 is 9.53 Å². The summed E-state index contributed by atoms with van der Waals surface area (Å²) in [6.07, 6.45) is 3.90. The van der Waals surface area contributed by atoms with Gasteiger partial charge in [-0.05, 0) is 49.2 Å². The number of thiophene rings is 1. The minimum Gasteiger partial charge on any atom is -0.497 e. The highest BCUT2D eigenvalue weighted by Crippen LogP contribution is 2.37. The van der Waals surface area contributed by atoms with Crippen LogP contribution >= 0.6 is 11.3 Å². The Morgan fingerprint density at radius 1 is 1.37 bits per heavy atom. The summed E-state index contributed by atoms with van der Waals surface area (Å²) in [5.41, 5.74) is 1.25. The molecule has 1 atom stereocenters. The van der Waals surface area contributed by atoms with E-state index in [-0.39, 0.29) is 5.91 Å². The van der Waals surface area contributed by atoms with E-state index in [0.717, 1.165) is 25.3 Å². The van der Waals surface area contributed by atoms with Crippen LogP contribution in [0.3, 0.4) is 0 Å². The fraction of sp³-hybridized carbons (Fsp3) is 0.300. The number of rotatable bonds is 6. The molecule has 0 bridgehead atoms. The van der Waals surface area contributed by atoms with Crippen LogP contribution < -0.4 is 10.1 Å². The highest BCUT2D eigenvalue weighted by atomic mass is 32.1. The molecule has 3 heterocycles. The first-order valence-electron chi connectivity index (χ1n) is 9.00. The third-order valence-corrected chi connectivity index (χ3v) is 6.00. The van der Waals surface area contributed by atoms with Crippen LogP contribution in [0.2, 0.25) is 0 Å². The van der Waals surface area contributed by atoms with Crippen LogP contribution in [0.4, 0.5) is 5.82 Å². The van der Waals surface area contributed by atoms with Gasteiger partial charge in [-0.2, -0.15) is 5.10 Å². The number of nitrogens with zero attached hydrogens (tertiary/aromatic N) is 2. The van der Waals surface area contributed by atoms with Gasteiger partial charge < -0.3 is 10.1 Å². The number of carbonyl (C=O) groups is 1. The predicted octanol–water partition coefficient (Wildman–Crippen LogP) is 4.07. The normalized spacial score (nSPS) is 17.1. The molecule has 0 spiro atoms. The van der Waals surface area contributed by atoms with Gasteiger partial charge in [-0.25, -0.2) is 0 Å². The first-order valence-corrected chi connectivity index (χ1v) is 9.82. The van der Waals surface area contributed by atoms with E-state index in [1.54, 1.807) is 30.7 Å². The maximum Gasteiger partial charge on any atom is 0.266 e. The summed E-state index contributed by atoms with van der Waals surface area (Å²) in [6.45, 7) is 1.95. The summed E-state index contributed by atoms with van der Waals surface area (Å²) >= 11 is 1.57. The van der Waals surface area contributed by atoms with Gasteiger partial charge in [0.05, 0.1) is 18.2 Å². The molecular formula is C20H22N4O2S. The second-order valence-corrected chi connectivity index (χ2v) is 7.72. The second-order valence-electron chi connectivity index (χ2n) is 6.61. The zero-order chi connectivity index (χ0) is 18.6. The number of anilines is 1. The number of nitrogens with one attached hydrogen (secondary N) is 2. The molecule has 2 aromatic heterocycles. The molecule has 2 N–H and O–H groups in total. The lowest BCUT2D eigenvalue weighted by Crippen LogP contribution is -2.22. The molecule has 0 aliphatic carbocycles. The number of ether oxygens (including phenoxy) is 1. The van der Waals surface area contributed by atoms with E-state index in [1.165, 1.54) is 16.9 Å². The molecule has 7 heteroatoms. The van der Waals surface area contributed by atoms with Gasteiger partial charge in [-0.3, -0.25) is 14.8 Å². The maximum absolute atomic E-state index is 12.4. The van der Waals surface area contributed by atoms with Crippen molar-refractivity contribution in [3.8, 4) is 5.75 Å². The van der Waals surface area contributed by atoms with E-state index >= 15 is 0 Å². The molecule has 1 aromatic carbocycles. The molecule has 1 amide bonds. The summed E-state index contributed by atoms with van der Waals surface area (Å²) in [5.74, 6) is 1.39. The summed E-state index contributed by atoms with van der Waals surface area (Å²) in [6, 6.07) is 14.3. The summed E-state index contributed by atoms with van der Waals surface area (Å²) in [5, 5.41) is 9.43. The van der Waals surface area contributed by atoms with Gasteiger partial charge in [-0.1, -0.05) is 12.1 Å². The molecule has 140 valence electrons. The molecule has 1 fully saturated rings. The Morgan fingerprint density at radius 3 is 3.11 bits per heavy atom. The van der Waals surface area contributed by atoms with Crippen molar-refractivity contribution in [3.63, 3.8) is 0 Å². The predicted molar refractivity (Wildman–Crippen MR) is 106 cm³/mol. The van der Waals surface area contributed by atoms with E-state index in [9.17, 15) is 4.79 Å². The van der Waals surface area contributed by atoms with Gasteiger partial charge in [0.15, 0.2) is 0 Å². The molecule has 1 saturated heterocycles. The van der Waals surface area contributed by atoms with Crippen molar-refractivity contribution in [1.29, 1.82) is 0 Å². The lowest BCUT2D eigenvalue weighted by molar-refractivity contribution is 0.103. The average molecular weight is 382 g/mol. The van der Waals surface area contributed by atoms with Gasteiger partial charge >= 0.3 is 0 Å². The molecule has 27 heavy (non-hydrogen) atoms. The third-order valence-electron chi connectivity index (χ3n) is 4.81. The van der Waals surface area contributed by atoms with Crippen molar-refractivity contribution in [2.45, 2.75) is 25.4 Å². The van der Waals surface area contributed by atoms with Gasteiger partial charge in [0, 0.05) is 23.5 Å². The number of hydrogen-bond acceptors (Lipinski definition) is 5. The standard InChI is InChI=1S/C20H22N4O2S/c1-26-15-5-2-4-14(12-15)13-24-11-3-6-16(24)17-7-8-18(27-17)20(25)22-19-9-10-21-23-19/h2,4-5,7-10,12,16H,3,6,11,13H2,1H3,(H2,21,22,23,25)/t16-/m0/s1. The van der Waals surface area contributed by atoms with Crippen molar-refractivity contribution in [2.24, 2.45) is 0 Å².